The van der Waals surface area contributed by atoms with Gasteiger partial charge >= 0.3 is 0 Å². The van der Waals surface area contributed by atoms with Crippen molar-refractivity contribution in [2.45, 2.75) is 77.3 Å². The second-order valence-electron chi connectivity index (χ2n) is 5.70. The fourth-order valence-electron chi connectivity index (χ4n) is 4.54. The first-order valence-corrected chi connectivity index (χ1v) is 7.60. The van der Waals surface area contributed by atoms with Crippen LogP contribution < -0.4 is 0 Å². The third-order valence-electron chi connectivity index (χ3n) is 5.16. The van der Waals surface area contributed by atoms with E-state index in [-0.39, 0.29) is 0 Å². The van der Waals surface area contributed by atoms with Crippen LogP contribution >= 0.6 is 0 Å². The molecule has 0 N–H and O–H groups in total. The number of nitrogens with zero attached hydrogens (tertiary/aromatic N) is 1. The van der Waals surface area contributed by atoms with Crippen LogP contribution in [-0.4, -0.2) is 24.0 Å². The Morgan fingerprint density at radius 3 is 1.50 bits per heavy atom. The van der Waals surface area contributed by atoms with Crippen molar-refractivity contribution in [2.75, 3.05) is 7.05 Å². The summed E-state index contributed by atoms with van der Waals surface area (Å²) in [6.45, 7) is 4.00. The maximum absolute atomic E-state index is 2.76. The van der Waals surface area contributed by atoms with Gasteiger partial charge in [0, 0.05) is 12.1 Å². The minimum absolute atomic E-state index is 0.969. The van der Waals surface area contributed by atoms with Gasteiger partial charge in [-0.2, -0.15) is 0 Å². The zero-order valence-corrected chi connectivity index (χ0v) is 11.4. The summed E-state index contributed by atoms with van der Waals surface area (Å²) in [5, 5.41) is 0. The summed E-state index contributed by atoms with van der Waals surface area (Å²) in [7, 11) is 2.40. The first kappa shape index (κ1) is 12.4. The first-order valence-electron chi connectivity index (χ1n) is 7.60. The van der Waals surface area contributed by atoms with E-state index in [1.165, 1.54) is 51.4 Å². The van der Waals surface area contributed by atoms with Crippen LogP contribution in [0.4, 0.5) is 0 Å². The minimum Gasteiger partial charge on any atom is -0.300 e. The molecule has 1 aliphatic heterocycles. The molecule has 0 aromatic heterocycles. The molecule has 3 aliphatic rings. The summed E-state index contributed by atoms with van der Waals surface area (Å²) in [5.41, 5.74) is 0. The van der Waals surface area contributed by atoms with Gasteiger partial charge in [-0.3, -0.25) is 4.90 Å². The standard InChI is InChI=1S/C13H23N.C2H6/c1-14-12-8-4-2-6-10(12)11-7-3-5-9-13(11)14;1-2/h10-13H,2-9H2,1H3;1-2H3. The molecule has 3 rings (SSSR count). The van der Waals surface area contributed by atoms with Crippen LogP contribution in [-0.2, 0) is 0 Å². The molecule has 0 spiro atoms. The smallest absolute Gasteiger partial charge is 0.0127 e. The fraction of sp³-hybridized carbons (Fsp3) is 1.00. The quantitative estimate of drug-likeness (QED) is 0.598. The predicted octanol–water partition coefficient (Wildman–Crippen LogP) is 4.08. The summed E-state index contributed by atoms with van der Waals surface area (Å²) in [6, 6.07) is 1.94. The summed E-state index contributed by atoms with van der Waals surface area (Å²) >= 11 is 0. The van der Waals surface area contributed by atoms with Gasteiger partial charge < -0.3 is 0 Å². The van der Waals surface area contributed by atoms with Gasteiger partial charge in [-0.25, -0.2) is 0 Å². The van der Waals surface area contributed by atoms with E-state index in [0.717, 1.165) is 23.9 Å². The van der Waals surface area contributed by atoms with Crippen LogP contribution in [0.3, 0.4) is 0 Å². The lowest BCUT2D eigenvalue weighted by Gasteiger charge is -2.30. The van der Waals surface area contributed by atoms with Gasteiger partial charge in [0.2, 0.25) is 0 Å². The normalized spacial score (nSPS) is 42.9. The predicted molar refractivity (Wildman–Crippen MR) is 70.6 cm³/mol. The van der Waals surface area contributed by atoms with Gasteiger partial charge in [0.1, 0.15) is 0 Å². The van der Waals surface area contributed by atoms with Crippen molar-refractivity contribution < 1.29 is 0 Å². The molecule has 1 heteroatoms. The molecule has 0 radical (unpaired) electrons. The average molecular weight is 223 g/mol. The number of rotatable bonds is 0. The molecule has 0 bridgehead atoms. The van der Waals surface area contributed by atoms with E-state index >= 15 is 0 Å². The van der Waals surface area contributed by atoms with E-state index in [4.69, 9.17) is 0 Å². The van der Waals surface area contributed by atoms with Crippen LogP contribution in [0.15, 0.2) is 0 Å². The average Bonchev–Trinajstić information content (AvgIpc) is 2.67. The van der Waals surface area contributed by atoms with Crippen LogP contribution in [0.25, 0.3) is 0 Å². The van der Waals surface area contributed by atoms with Crippen molar-refractivity contribution in [2.24, 2.45) is 11.8 Å². The van der Waals surface area contributed by atoms with E-state index in [1.54, 1.807) is 0 Å². The van der Waals surface area contributed by atoms with E-state index < -0.39 is 0 Å². The highest BCUT2D eigenvalue weighted by Crippen LogP contribution is 2.48. The Balaban J connectivity index is 0.000000457. The van der Waals surface area contributed by atoms with Crippen molar-refractivity contribution >= 4 is 0 Å². The molecule has 1 heterocycles. The molecule has 1 saturated heterocycles. The molecule has 2 aliphatic carbocycles. The van der Waals surface area contributed by atoms with Gasteiger partial charge in [-0.15, -0.1) is 0 Å². The maximum atomic E-state index is 2.76. The molecule has 0 aromatic rings. The Morgan fingerprint density at radius 1 is 0.688 bits per heavy atom. The number of likely N-dealkylation sites (tertiary alicyclic amines) is 1. The highest BCUT2D eigenvalue weighted by molar-refractivity contribution is 5.01. The van der Waals surface area contributed by atoms with E-state index in [1.807, 2.05) is 13.8 Å². The topological polar surface area (TPSA) is 3.24 Å². The van der Waals surface area contributed by atoms with E-state index in [9.17, 15) is 0 Å². The first-order chi connectivity index (χ1) is 7.88. The van der Waals surface area contributed by atoms with Gasteiger partial charge in [0.15, 0.2) is 0 Å². The molecule has 16 heavy (non-hydrogen) atoms. The van der Waals surface area contributed by atoms with Crippen molar-refractivity contribution in [3.8, 4) is 0 Å². The zero-order valence-electron chi connectivity index (χ0n) is 11.4. The van der Waals surface area contributed by atoms with Gasteiger partial charge in [-0.1, -0.05) is 39.5 Å². The van der Waals surface area contributed by atoms with Gasteiger partial charge in [-0.05, 0) is 44.6 Å². The molecule has 3 fully saturated rings. The molecular formula is C15H29N. The van der Waals surface area contributed by atoms with Crippen LogP contribution in [0.1, 0.15) is 65.2 Å². The molecule has 0 aromatic carbocycles. The molecular weight excluding hydrogens is 194 g/mol. The number of fused-ring (bicyclic) bond motifs is 3. The SMILES string of the molecule is CC.CN1C2CCCCC2C2CCCCC21. The Morgan fingerprint density at radius 2 is 1.06 bits per heavy atom. The maximum Gasteiger partial charge on any atom is 0.0127 e. The van der Waals surface area contributed by atoms with E-state index in [0.29, 0.717) is 0 Å². The molecule has 4 unspecified atom stereocenters. The molecule has 94 valence electrons. The number of hydrogen-bond donors (Lipinski definition) is 0. The minimum atomic E-state index is 0.969. The molecule has 1 nitrogen and oxygen atoms in total. The second-order valence-corrected chi connectivity index (χ2v) is 5.70. The second kappa shape index (κ2) is 5.53. The lowest BCUT2D eigenvalue weighted by Crippen LogP contribution is -2.36. The van der Waals surface area contributed by atoms with Gasteiger partial charge in [0.25, 0.3) is 0 Å². The summed E-state index contributed by atoms with van der Waals surface area (Å²) < 4.78 is 0. The van der Waals surface area contributed by atoms with Crippen molar-refractivity contribution in [3.63, 3.8) is 0 Å². The third kappa shape index (κ3) is 2.03. The van der Waals surface area contributed by atoms with Crippen LogP contribution in [0, 0.1) is 11.8 Å². The molecule has 2 saturated carbocycles. The van der Waals surface area contributed by atoms with Gasteiger partial charge in [0.05, 0.1) is 0 Å². The lowest BCUT2D eigenvalue weighted by molar-refractivity contribution is 0.176. The zero-order chi connectivity index (χ0) is 11.5. The highest BCUT2D eigenvalue weighted by atomic mass is 15.2. The Hall–Kier alpha value is -0.0400. The highest BCUT2D eigenvalue weighted by Gasteiger charge is 2.47. The monoisotopic (exact) mass is 223 g/mol. The summed E-state index contributed by atoms with van der Waals surface area (Å²) in [5.74, 6) is 2.16. The Labute approximate surface area is 102 Å². The Kier molecular flexibility index (Phi) is 4.29. The molecule has 4 atom stereocenters. The third-order valence-corrected chi connectivity index (χ3v) is 5.16. The molecule has 0 amide bonds. The number of hydrogen-bond acceptors (Lipinski definition) is 1. The summed E-state index contributed by atoms with van der Waals surface area (Å²) in [4.78, 5) is 2.76. The van der Waals surface area contributed by atoms with Crippen LogP contribution in [0.5, 0.6) is 0 Å². The lowest BCUT2D eigenvalue weighted by atomic mass is 9.73. The van der Waals surface area contributed by atoms with Crippen molar-refractivity contribution in [1.82, 2.24) is 4.90 Å². The summed E-state index contributed by atoms with van der Waals surface area (Å²) in [6.07, 6.45) is 12.1. The Bertz CT molecular complexity index is 191. The largest absolute Gasteiger partial charge is 0.300 e. The van der Waals surface area contributed by atoms with E-state index in [2.05, 4.69) is 11.9 Å². The van der Waals surface area contributed by atoms with Crippen molar-refractivity contribution in [3.05, 3.63) is 0 Å². The van der Waals surface area contributed by atoms with Crippen LogP contribution in [0.2, 0.25) is 0 Å². The van der Waals surface area contributed by atoms with Crippen molar-refractivity contribution in [1.29, 1.82) is 0 Å². The fourth-order valence-corrected chi connectivity index (χ4v) is 4.54.